The van der Waals surface area contributed by atoms with Crippen molar-refractivity contribution >= 4 is 5.91 Å². The van der Waals surface area contributed by atoms with Crippen molar-refractivity contribution in [1.29, 1.82) is 0 Å². The van der Waals surface area contributed by atoms with Crippen LogP contribution in [0.2, 0.25) is 0 Å². The molecular weight excluding hydrogens is 319 g/mol. The number of nitrogens with one attached hydrogen (secondary N) is 1. The van der Waals surface area contributed by atoms with Gasteiger partial charge < -0.3 is 5.32 Å². The van der Waals surface area contributed by atoms with Gasteiger partial charge in [-0.3, -0.25) is 9.48 Å². The first-order chi connectivity index (χ1) is 11.1. The highest BCUT2D eigenvalue weighted by Crippen LogP contribution is 2.30. The van der Waals surface area contributed by atoms with Crippen LogP contribution in [0.15, 0.2) is 6.07 Å². The maximum Gasteiger partial charge on any atom is 0.435 e. The molecule has 1 heterocycles. The molecular formula is C17H26F3N3O. The summed E-state index contributed by atoms with van der Waals surface area (Å²) in [7, 11) is 0. The number of halogens is 3. The van der Waals surface area contributed by atoms with E-state index in [4.69, 9.17) is 0 Å². The molecule has 24 heavy (non-hydrogen) atoms. The van der Waals surface area contributed by atoms with Crippen LogP contribution in [-0.2, 0) is 17.5 Å². The van der Waals surface area contributed by atoms with Gasteiger partial charge in [0.1, 0.15) is 0 Å². The molecule has 0 spiro atoms. The molecule has 0 aromatic carbocycles. The van der Waals surface area contributed by atoms with Crippen molar-refractivity contribution in [2.75, 3.05) is 0 Å². The Bertz CT molecular complexity index is 582. The van der Waals surface area contributed by atoms with Crippen molar-refractivity contribution in [3.05, 3.63) is 17.5 Å². The number of aryl methyl sites for hydroxylation is 1. The van der Waals surface area contributed by atoms with Gasteiger partial charge in [0.25, 0.3) is 0 Å². The van der Waals surface area contributed by atoms with Gasteiger partial charge in [-0.1, -0.05) is 33.6 Å². The molecule has 4 nitrogen and oxygen atoms in total. The Morgan fingerprint density at radius 3 is 2.67 bits per heavy atom. The van der Waals surface area contributed by atoms with Crippen LogP contribution in [0.1, 0.15) is 51.4 Å². The van der Waals surface area contributed by atoms with Crippen molar-refractivity contribution in [1.82, 2.24) is 15.1 Å². The van der Waals surface area contributed by atoms with Crippen LogP contribution in [0.25, 0.3) is 0 Å². The molecule has 0 radical (unpaired) electrons. The first-order valence-corrected chi connectivity index (χ1v) is 8.51. The van der Waals surface area contributed by atoms with Gasteiger partial charge in [-0.2, -0.15) is 18.3 Å². The van der Waals surface area contributed by atoms with E-state index in [-0.39, 0.29) is 18.5 Å². The fourth-order valence-corrected chi connectivity index (χ4v) is 3.29. The first kappa shape index (κ1) is 18.8. The molecule has 1 aliphatic rings. The molecule has 7 heteroatoms. The molecule has 1 aliphatic carbocycles. The molecule has 0 bridgehead atoms. The van der Waals surface area contributed by atoms with Crippen LogP contribution in [0, 0.1) is 24.7 Å². The summed E-state index contributed by atoms with van der Waals surface area (Å²) in [5.41, 5.74) is -0.510. The smallest absolute Gasteiger partial charge is 0.353 e. The summed E-state index contributed by atoms with van der Waals surface area (Å²) >= 11 is 0. The minimum Gasteiger partial charge on any atom is -0.353 e. The molecule has 136 valence electrons. The van der Waals surface area contributed by atoms with E-state index in [0.717, 1.165) is 18.9 Å². The molecule has 1 aromatic rings. The zero-order valence-electron chi connectivity index (χ0n) is 14.7. The van der Waals surface area contributed by atoms with E-state index in [1.165, 1.54) is 11.1 Å². The Morgan fingerprint density at radius 2 is 2.08 bits per heavy atom. The Labute approximate surface area is 140 Å². The molecule has 2 rings (SSSR count). The summed E-state index contributed by atoms with van der Waals surface area (Å²) in [5.74, 6) is 0.429. The number of rotatable bonds is 4. The lowest BCUT2D eigenvalue weighted by molar-refractivity contribution is -0.141. The highest BCUT2D eigenvalue weighted by Gasteiger charge is 2.35. The van der Waals surface area contributed by atoms with E-state index in [2.05, 4.69) is 24.3 Å². The third kappa shape index (κ3) is 4.30. The summed E-state index contributed by atoms with van der Waals surface area (Å²) in [6.45, 7) is 7.77. The number of carbonyl (C=O) groups is 1. The van der Waals surface area contributed by atoms with Crippen LogP contribution in [0.5, 0.6) is 0 Å². The van der Waals surface area contributed by atoms with E-state index in [1.54, 1.807) is 13.8 Å². The van der Waals surface area contributed by atoms with Gasteiger partial charge in [0.05, 0.1) is 12.5 Å². The Kier molecular flexibility index (Phi) is 5.60. The standard InChI is InChI=1S/C17H26F3N3O/c1-10-6-5-7-14(13(10)4)21-16(24)11(2)9-23-12(3)8-15(22-23)17(18,19)20/h8,10-11,13-14H,5-7,9H2,1-4H3,(H,21,24)/t10-,11-,13+,14+/m0/s1. The fourth-order valence-electron chi connectivity index (χ4n) is 3.29. The zero-order chi connectivity index (χ0) is 18.1. The fraction of sp³-hybridized carbons (Fsp3) is 0.765. The lowest BCUT2D eigenvalue weighted by Gasteiger charge is -2.35. The van der Waals surface area contributed by atoms with Crippen LogP contribution >= 0.6 is 0 Å². The summed E-state index contributed by atoms with van der Waals surface area (Å²) in [4.78, 5) is 12.4. The molecule has 0 saturated heterocycles. The lowest BCUT2D eigenvalue weighted by atomic mass is 9.78. The van der Waals surface area contributed by atoms with Gasteiger partial charge in [0.2, 0.25) is 5.91 Å². The Balaban J connectivity index is 1.98. The molecule has 1 fully saturated rings. The van der Waals surface area contributed by atoms with Crippen LogP contribution in [-0.4, -0.2) is 21.7 Å². The highest BCUT2D eigenvalue weighted by atomic mass is 19.4. The van der Waals surface area contributed by atoms with Gasteiger partial charge in [-0.05, 0) is 31.2 Å². The quantitative estimate of drug-likeness (QED) is 0.902. The summed E-state index contributed by atoms with van der Waals surface area (Å²) in [5, 5.41) is 6.66. The number of alkyl halides is 3. The predicted molar refractivity (Wildman–Crippen MR) is 85.2 cm³/mol. The monoisotopic (exact) mass is 345 g/mol. The second-order valence-corrected chi connectivity index (χ2v) is 7.13. The van der Waals surface area contributed by atoms with Gasteiger partial charge in [-0.25, -0.2) is 0 Å². The van der Waals surface area contributed by atoms with Gasteiger partial charge in [-0.15, -0.1) is 0 Å². The Hall–Kier alpha value is -1.53. The number of hydrogen-bond acceptors (Lipinski definition) is 2. The topological polar surface area (TPSA) is 46.9 Å². The second-order valence-electron chi connectivity index (χ2n) is 7.13. The first-order valence-electron chi connectivity index (χ1n) is 8.51. The van der Waals surface area contributed by atoms with Gasteiger partial charge >= 0.3 is 6.18 Å². The summed E-state index contributed by atoms with van der Waals surface area (Å²) in [6, 6.07) is 1.16. The third-order valence-electron chi connectivity index (χ3n) is 5.20. The van der Waals surface area contributed by atoms with Crippen molar-refractivity contribution < 1.29 is 18.0 Å². The molecule has 1 saturated carbocycles. The van der Waals surface area contributed by atoms with Crippen LogP contribution in [0.4, 0.5) is 13.2 Å². The number of hydrogen-bond donors (Lipinski definition) is 1. The largest absolute Gasteiger partial charge is 0.435 e. The maximum atomic E-state index is 12.7. The van der Waals surface area contributed by atoms with E-state index in [1.807, 2.05) is 0 Å². The SMILES string of the molecule is Cc1cc(C(F)(F)F)nn1C[C@H](C)C(=O)N[C@@H]1CCC[C@H](C)[C@H]1C. The number of aromatic nitrogens is 2. The van der Waals surface area contributed by atoms with E-state index in [0.29, 0.717) is 17.5 Å². The third-order valence-corrected chi connectivity index (χ3v) is 5.20. The predicted octanol–water partition coefficient (Wildman–Crippen LogP) is 3.79. The minimum atomic E-state index is -4.46. The average Bonchev–Trinajstić information content (AvgIpc) is 2.85. The molecule has 1 N–H and O–H groups in total. The van der Waals surface area contributed by atoms with E-state index in [9.17, 15) is 18.0 Å². The lowest BCUT2D eigenvalue weighted by Crippen LogP contribution is -2.46. The number of nitrogens with zero attached hydrogens (tertiary/aromatic N) is 2. The number of amides is 1. The maximum absolute atomic E-state index is 12.7. The highest BCUT2D eigenvalue weighted by molar-refractivity contribution is 5.78. The molecule has 0 aliphatic heterocycles. The molecule has 1 amide bonds. The van der Waals surface area contributed by atoms with Gasteiger partial charge in [0, 0.05) is 11.7 Å². The molecule has 0 unspecified atom stereocenters. The molecule has 4 atom stereocenters. The summed E-state index contributed by atoms with van der Waals surface area (Å²) in [6.07, 6.45) is -1.23. The van der Waals surface area contributed by atoms with Crippen LogP contribution < -0.4 is 5.32 Å². The van der Waals surface area contributed by atoms with E-state index >= 15 is 0 Å². The second kappa shape index (κ2) is 7.15. The minimum absolute atomic E-state index is 0.121. The zero-order valence-corrected chi connectivity index (χ0v) is 14.7. The summed E-state index contributed by atoms with van der Waals surface area (Å²) < 4.78 is 39.4. The van der Waals surface area contributed by atoms with E-state index < -0.39 is 17.8 Å². The normalized spacial score (nSPS) is 26.2. The van der Waals surface area contributed by atoms with Crippen molar-refractivity contribution in [3.8, 4) is 0 Å². The van der Waals surface area contributed by atoms with Crippen LogP contribution in [0.3, 0.4) is 0 Å². The number of carbonyl (C=O) groups excluding carboxylic acids is 1. The van der Waals surface area contributed by atoms with Gasteiger partial charge in [0.15, 0.2) is 5.69 Å². The van der Waals surface area contributed by atoms with Crippen molar-refractivity contribution in [2.24, 2.45) is 17.8 Å². The Morgan fingerprint density at radius 1 is 1.42 bits per heavy atom. The van der Waals surface area contributed by atoms with Crippen molar-refractivity contribution in [3.63, 3.8) is 0 Å². The van der Waals surface area contributed by atoms with Crippen molar-refractivity contribution in [2.45, 2.75) is 65.7 Å². The molecule has 1 aromatic heterocycles. The average molecular weight is 345 g/mol.